The Morgan fingerprint density at radius 1 is 1.47 bits per heavy atom. The molecule has 2 heterocycles. The Hall–Kier alpha value is -1.40. The van der Waals surface area contributed by atoms with Crippen LogP contribution in [0.4, 0.5) is 5.69 Å². The summed E-state index contributed by atoms with van der Waals surface area (Å²) in [5.74, 6) is -0.854. The molecule has 0 aromatic carbocycles. The number of carbonyl (C=O) groups excluding carboxylic acids is 2. The second kappa shape index (κ2) is 6.16. The lowest BCUT2D eigenvalue weighted by atomic mass is 9.92. The molecule has 1 aliphatic rings. The van der Waals surface area contributed by atoms with E-state index in [2.05, 4.69) is 5.32 Å². The van der Waals surface area contributed by atoms with Gasteiger partial charge in [-0.25, -0.2) is 0 Å². The third-order valence-electron chi connectivity index (χ3n) is 3.48. The second-order valence-corrected chi connectivity index (χ2v) is 5.62. The molecule has 0 bridgehead atoms. The van der Waals surface area contributed by atoms with Gasteiger partial charge in [0.2, 0.25) is 0 Å². The van der Waals surface area contributed by atoms with Crippen molar-refractivity contribution in [3.8, 4) is 0 Å². The number of hydrogen-bond acceptors (Lipinski definition) is 4. The van der Waals surface area contributed by atoms with E-state index < -0.39 is 11.8 Å². The Bertz CT molecular complexity index is 437. The van der Waals surface area contributed by atoms with Crippen molar-refractivity contribution in [3.05, 3.63) is 16.8 Å². The molecule has 104 valence electrons. The van der Waals surface area contributed by atoms with E-state index in [0.29, 0.717) is 18.8 Å². The highest BCUT2D eigenvalue weighted by molar-refractivity contribution is 7.08. The van der Waals surface area contributed by atoms with Crippen LogP contribution in [0.1, 0.15) is 19.8 Å². The quantitative estimate of drug-likeness (QED) is 0.803. The number of carbonyl (C=O) groups is 2. The second-order valence-electron chi connectivity index (χ2n) is 4.84. The Morgan fingerprint density at radius 2 is 2.16 bits per heavy atom. The van der Waals surface area contributed by atoms with Crippen molar-refractivity contribution in [1.29, 1.82) is 0 Å². The van der Waals surface area contributed by atoms with Crippen LogP contribution in [0, 0.1) is 5.92 Å². The molecule has 1 aromatic heterocycles. The van der Waals surface area contributed by atoms with E-state index in [1.165, 1.54) is 11.3 Å². The molecular formula is C13H18N2O3S. The minimum atomic E-state index is -0.589. The molecule has 2 rings (SSSR count). The van der Waals surface area contributed by atoms with Gasteiger partial charge in [-0.2, -0.15) is 11.3 Å². The Labute approximate surface area is 116 Å². The van der Waals surface area contributed by atoms with Gasteiger partial charge in [0.15, 0.2) is 0 Å². The molecule has 0 radical (unpaired) electrons. The number of thiophene rings is 1. The number of aliphatic hydroxyl groups is 1. The molecule has 1 atom stereocenters. The Morgan fingerprint density at radius 3 is 2.68 bits per heavy atom. The lowest BCUT2D eigenvalue weighted by molar-refractivity contribution is -0.144. The van der Waals surface area contributed by atoms with Crippen LogP contribution in [0.25, 0.3) is 0 Å². The first kappa shape index (κ1) is 14.0. The Balaban J connectivity index is 1.85. The van der Waals surface area contributed by atoms with Crippen molar-refractivity contribution in [2.45, 2.75) is 25.9 Å². The summed E-state index contributed by atoms with van der Waals surface area (Å²) in [6, 6.07) is 1.76. The molecule has 1 aromatic rings. The van der Waals surface area contributed by atoms with E-state index in [4.69, 9.17) is 0 Å². The van der Waals surface area contributed by atoms with Gasteiger partial charge in [-0.3, -0.25) is 9.59 Å². The lowest BCUT2D eigenvalue weighted by Crippen LogP contribution is -2.45. The fraction of sp³-hybridized carbons (Fsp3) is 0.538. The average molecular weight is 282 g/mol. The average Bonchev–Trinajstić information content (AvgIpc) is 2.90. The molecule has 1 fully saturated rings. The summed E-state index contributed by atoms with van der Waals surface area (Å²) in [7, 11) is 0. The van der Waals surface area contributed by atoms with Crippen molar-refractivity contribution in [3.63, 3.8) is 0 Å². The summed E-state index contributed by atoms with van der Waals surface area (Å²) < 4.78 is 0. The zero-order chi connectivity index (χ0) is 13.8. The van der Waals surface area contributed by atoms with Crippen molar-refractivity contribution >= 4 is 28.8 Å². The lowest BCUT2D eigenvalue weighted by Gasteiger charge is -2.32. The van der Waals surface area contributed by atoms with Crippen LogP contribution in [-0.4, -0.2) is 41.0 Å². The number of likely N-dealkylation sites (tertiary alicyclic amines) is 1. The molecule has 2 N–H and O–H groups in total. The third-order valence-corrected chi connectivity index (χ3v) is 4.17. The number of rotatable bonds is 2. The summed E-state index contributed by atoms with van der Waals surface area (Å²) in [5.41, 5.74) is 0.655. The van der Waals surface area contributed by atoms with Gasteiger partial charge in [0.05, 0.1) is 11.8 Å². The molecule has 19 heavy (non-hydrogen) atoms. The van der Waals surface area contributed by atoms with Crippen LogP contribution in [0.3, 0.4) is 0 Å². The van der Waals surface area contributed by atoms with Crippen molar-refractivity contribution in [1.82, 2.24) is 4.90 Å². The van der Waals surface area contributed by atoms with Crippen molar-refractivity contribution in [2.75, 3.05) is 18.4 Å². The number of anilines is 1. The van der Waals surface area contributed by atoms with Gasteiger partial charge in [0.25, 0.3) is 0 Å². The molecule has 1 saturated heterocycles. The molecule has 6 heteroatoms. The minimum Gasteiger partial charge on any atom is -0.393 e. The predicted molar refractivity (Wildman–Crippen MR) is 73.9 cm³/mol. The van der Waals surface area contributed by atoms with Gasteiger partial charge in [0.1, 0.15) is 0 Å². The standard InChI is InChI=1S/C13H18N2O3S/c1-9(16)10-2-5-15(6-3-10)13(18)12(17)14-11-4-7-19-8-11/h4,7-10,16H,2-3,5-6H2,1H3,(H,14,17). The minimum absolute atomic E-state index is 0.226. The number of aliphatic hydroxyl groups excluding tert-OH is 1. The fourth-order valence-corrected chi connectivity index (χ4v) is 2.84. The van der Waals surface area contributed by atoms with Crippen LogP contribution in [0.15, 0.2) is 16.8 Å². The van der Waals surface area contributed by atoms with Crippen LogP contribution in [0.5, 0.6) is 0 Å². The normalized spacial score (nSPS) is 18.1. The number of nitrogens with zero attached hydrogens (tertiary/aromatic N) is 1. The van der Waals surface area contributed by atoms with Gasteiger partial charge < -0.3 is 15.3 Å². The summed E-state index contributed by atoms with van der Waals surface area (Å²) in [4.78, 5) is 25.3. The van der Waals surface area contributed by atoms with Gasteiger partial charge in [-0.15, -0.1) is 0 Å². The van der Waals surface area contributed by atoms with Crippen LogP contribution < -0.4 is 5.32 Å². The van der Waals surface area contributed by atoms with Gasteiger partial charge in [0, 0.05) is 18.5 Å². The molecule has 2 amide bonds. The summed E-state index contributed by atoms with van der Waals surface area (Å²) >= 11 is 1.46. The summed E-state index contributed by atoms with van der Waals surface area (Å²) in [6.07, 6.45) is 1.14. The first-order chi connectivity index (χ1) is 9.08. The summed E-state index contributed by atoms with van der Waals surface area (Å²) in [6.45, 7) is 2.84. The van der Waals surface area contributed by atoms with E-state index in [1.807, 2.05) is 5.38 Å². The first-order valence-electron chi connectivity index (χ1n) is 6.38. The van der Waals surface area contributed by atoms with Crippen LogP contribution in [0.2, 0.25) is 0 Å². The first-order valence-corrected chi connectivity index (χ1v) is 7.32. The largest absolute Gasteiger partial charge is 0.393 e. The highest BCUT2D eigenvalue weighted by Gasteiger charge is 2.28. The predicted octanol–water partition coefficient (Wildman–Crippen LogP) is 1.31. The molecular weight excluding hydrogens is 264 g/mol. The Kier molecular flexibility index (Phi) is 4.55. The van der Waals surface area contributed by atoms with E-state index >= 15 is 0 Å². The topological polar surface area (TPSA) is 69.6 Å². The molecule has 1 unspecified atom stereocenters. The van der Waals surface area contributed by atoms with E-state index in [0.717, 1.165) is 12.8 Å². The number of piperidine rings is 1. The fourth-order valence-electron chi connectivity index (χ4n) is 2.25. The van der Waals surface area contributed by atoms with Crippen molar-refractivity contribution < 1.29 is 14.7 Å². The highest BCUT2D eigenvalue weighted by Crippen LogP contribution is 2.20. The van der Waals surface area contributed by atoms with E-state index in [1.54, 1.807) is 23.3 Å². The highest BCUT2D eigenvalue weighted by atomic mass is 32.1. The molecule has 0 saturated carbocycles. The third kappa shape index (κ3) is 3.54. The number of amides is 2. The maximum absolute atomic E-state index is 12.0. The molecule has 5 nitrogen and oxygen atoms in total. The number of nitrogens with one attached hydrogen (secondary N) is 1. The molecule has 1 aliphatic heterocycles. The zero-order valence-corrected chi connectivity index (χ0v) is 11.7. The van der Waals surface area contributed by atoms with Gasteiger partial charge >= 0.3 is 11.8 Å². The summed E-state index contributed by atoms with van der Waals surface area (Å²) in [5, 5.41) is 15.7. The zero-order valence-electron chi connectivity index (χ0n) is 10.8. The molecule has 0 aliphatic carbocycles. The maximum atomic E-state index is 12.0. The molecule has 0 spiro atoms. The van der Waals surface area contributed by atoms with Crippen molar-refractivity contribution in [2.24, 2.45) is 5.92 Å². The van der Waals surface area contributed by atoms with Crippen LogP contribution >= 0.6 is 11.3 Å². The van der Waals surface area contributed by atoms with Crippen LogP contribution in [-0.2, 0) is 9.59 Å². The van der Waals surface area contributed by atoms with Gasteiger partial charge in [-0.1, -0.05) is 0 Å². The smallest absolute Gasteiger partial charge is 0.313 e. The maximum Gasteiger partial charge on any atom is 0.313 e. The van der Waals surface area contributed by atoms with Gasteiger partial charge in [-0.05, 0) is 37.1 Å². The monoisotopic (exact) mass is 282 g/mol. The SMILES string of the molecule is CC(O)C1CCN(C(=O)C(=O)Nc2ccsc2)CC1. The van der Waals surface area contributed by atoms with E-state index in [9.17, 15) is 14.7 Å². The van der Waals surface area contributed by atoms with E-state index in [-0.39, 0.29) is 12.0 Å². The number of hydrogen-bond donors (Lipinski definition) is 2.